The summed E-state index contributed by atoms with van der Waals surface area (Å²) in [6, 6.07) is 0. The van der Waals surface area contributed by atoms with Gasteiger partial charge in [-0.3, -0.25) is 0 Å². The molecular weight excluding hydrogens is 142 g/mol. The van der Waals surface area contributed by atoms with Crippen molar-refractivity contribution in [3.8, 4) is 5.88 Å². The van der Waals surface area contributed by atoms with E-state index in [-0.39, 0.29) is 5.95 Å². The maximum absolute atomic E-state index is 6.63. The SMILES string of the molecule is [C-]#[N+]c1ncc(C)c(OC)n1. The molecule has 4 heteroatoms. The van der Waals surface area contributed by atoms with Crippen LogP contribution in [0.5, 0.6) is 5.88 Å². The van der Waals surface area contributed by atoms with Crippen molar-refractivity contribution >= 4 is 5.95 Å². The standard InChI is InChI=1S/C7H7N3O/c1-5-4-9-7(8-2)10-6(5)11-3/h4H,1,3H3. The van der Waals surface area contributed by atoms with Crippen molar-refractivity contribution in [2.75, 3.05) is 7.11 Å². The highest BCUT2D eigenvalue weighted by atomic mass is 16.5. The number of methoxy groups -OCH3 is 1. The molecule has 0 spiro atoms. The summed E-state index contributed by atoms with van der Waals surface area (Å²) in [7, 11) is 1.52. The molecule has 0 atom stereocenters. The second-order valence-corrected chi connectivity index (χ2v) is 1.97. The van der Waals surface area contributed by atoms with Gasteiger partial charge in [0.25, 0.3) is 5.88 Å². The van der Waals surface area contributed by atoms with Crippen molar-refractivity contribution in [1.29, 1.82) is 0 Å². The first kappa shape index (κ1) is 7.48. The second-order valence-electron chi connectivity index (χ2n) is 1.97. The van der Waals surface area contributed by atoms with Gasteiger partial charge in [-0.25, -0.2) is 0 Å². The summed E-state index contributed by atoms with van der Waals surface area (Å²) in [5.74, 6) is 0.582. The molecule has 1 aromatic rings. The van der Waals surface area contributed by atoms with Crippen molar-refractivity contribution in [2.45, 2.75) is 6.92 Å². The monoisotopic (exact) mass is 149 g/mol. The van der Waals surface area contributed by atoms with E-state index in [1.54, 1.807) is 6.20 Å². The Hall–Kier alpha value is -1.63. The molecular formula is C7H7N3O. The number of ether oxygens (including phenoxy) is 1. The Balaban J connectivity index is 3.15. The van der Waals surface area contributed by atoms with Gasteiger partial charge in [0.2, 0.25) is 0 Å². The summed E-state index contributed by atoms with van der Waals surface area (Å²) in [6.07, 6.45) is 1.57. The summed E-state index contributed by atoms with van der Waals surface area (Å²) in [4.78, 5) is 10.6. The molecule has 0 fully saturated rings. The third-order valence-corrected chi connectivity index (χ3v) is 1.21. The molecule has 0 amide bonds. The van der Waals surface area contributed by atoms with Crippen LogP contribution >= 0.6 is 0 Å². The average Bonchev–Trinajstić information content (AvgIpc) is 2.05. The number of aromatic nitrogens is 2. The van der Waals surface area contributed by atoms with Crippen molar-refractivity contribution in [3.05, 3.63) is 23.2 Å². The van der Waals surface area contributed by atoms with Gasteiger partial charge in [-0.15, -0.1) is 11.6 Å². The van der Waals surface area contributed by atoms with E-state index >= 15 is 0 Å². The molecule has 0 radical (unpaired) electrons. The minimum atomic E-state index is 0.118. The quantitative estimate of drug-likeness (QED) is 0.565. The summed E-state index contributed by atoms with van der Waals surface area (Å²) < 4.78 is 4.89. The summed E-state index contributed by atoms with van der Waals surface area (Å²) in [5.41, 5.74) is 0.833. The molecule has 0 unspecified atom stereocenters. The molecule has 0 aliphatic carbocycles. The van der Waals surface area contributed by atoms with Crippen LogP contribution in [0.3, 0.4) is 0 Å². The maximum atomic E-state index is 6.63. The van der Waals surface area contributed by atoms with Gasteiger partial charge < -0.3 is 9.58 Å². The van der Waals surface area contributed by atoms with Crippen molar-refractivity contribution in [2.24, 2.45) is 0 Å². The smallest absolute Gasteiger partial charge is 0.374 e. The van der Waals surface area contributed by atoms with Gasteiger partial charge >= 0.3 is 5.95 Å². The Bertz CT molecular complexity index is 303. The van der Waals surface area contributed by atoms with Gasteiger partial charge in [0, 0.05) is 0 Å². The predicted molar refractivity (Wildman–Crippen MR) is 39.6 cm³/mol. The highest BCUT2D eigenvalue weighted by molar-refractivity contribution is 5.32. The topological polar surface area (TPSA) is 39.4 Å². The summed E-state index contributed by atoms with van der Waals surface area (Å²) >= 11 is 0. The van der Waals surface area contributed by atoms with E-state index in [4.69, 9.17) is 11.3 Å². The zero-order chi connectivity index (χ0) is 8.27. The van der Waals surface area contributed by atoms with Crippen LogP contribution in [0.1, 0.15) is 5.56 Å². The number of aryl methyl sites for hydroxylation is 1. The van der Waals surface area contributed by atoms with Crippen molar-refractivity contribution < 1.29 is 4.74 Å². The van der Waals surface area contributed by atoms with Gasteiger partial charge in [0.1, 0.15) is 0 Å². The Morgan fingerprint density at radius 2 is 2.36 bits per heavy atom. The molecule has 0 aliphatic rings. The van der Waals surface area contributed by atoms with Crippen molar-refractivity contribution in [3.63, 3.8) is 0 Å². The first-order chi connectivity index (χ1) is 5.27. The van der Waals surface area contributed by atoms with Gasteiger partial charge in [0.05, 0.1) is 18.9 Å². The van der Waals surface area contributed by atoms with Crippen LogP contribution in [0.15, 0.2) is 6.20 Å². The Morgan fingerprint density at radius 1 is 1.64 bits per heavy atom. The minimum absolute atomic E-state index is 0.118. The van der Waals surface area contributed by atoms with Gasteiger partial charge in [-0.2, -0.15) is 4.98 Å². The summed E-state index contributed by atoms with van der Waals surface area (Å²) in [6.45, 7) is 8.46. The molecule has 4 nitrogen and oxygen atoms in total. The normalized spacial score (nSPS) is 8.82. The van der Waals surface area contributed by atoms with Crippen LogP contribution in [-0.4, -0.2) is 17.1 Å². The number of hydrogen-bond donors (Lipinski definition) is 0. The fourth-order valence-electron chi connectivity index (χ4n) is 0.678. The van der Waals surface area contributed by atoms with E-state index in [1.165, 1.54) is 7.11 Å². The number of rotatable bonds is 1. The molecule has 0 aromatic carbocycles. The van der Waals surface area contributed by atoms with E-state index in [1.807, 2.05) is 6.92 Å². The number of hydrogen-bond acceptors (Lipinski definition) is 3. The molecule has 1 heterocycles. The molecule has 11 heavy (non-hydrogen) atoms. The molecule has 0 aliphatic heterocycles. The third-order valence-electron chi connectivity index (χ3n) is 1.21. The fraction of sp³-hybridized carbons (Fsp3) is 0.286. The van der Waals surface area contributed by atoms with Gasteiger partial charge in [-0.05, 0) is 6.92 Å². The highest BCUT2D eigenvalue weighted by Gasteiger charge is 2.04. The Kier molecular flexibility index (Phi) is 2.02. The lowest BCUT2D eigenvalue weighted by Gasteiger charge is -1.97. The number of nitrogens with zero attached hydrogens (tertiary/aromatic N) is 3. The molecule has 0 saturated heterocycles. The lowest BCUT2D eigenvalue weighted by atomic mass is 10.4. The fourth-order valence-corrected chi connectivity index (χ4v) is 0.678. The largest absolute Gasteiger partial charge is 0.470 e. The van der Waals surface area contributed by atoms with Crippen LogP contribution in [0.4, 0.5) is 5.95 Å². The van der Waals surface area contributed by atoms with E-state index in [2.05, 4.69) is 14.8 Å². The van der Waals surface area contributed by atoms with Crippen molar-refractivity contribution in [1.82, 2.24) is 9.97 Å². The third kappa shape index (κ3) is 1.44. The van der Waals surface area contributed by atoms with Gasteiger partial charge in [-0.1, -0.05) is 0 Å². The zero-order valence-corrected chi connectivity index (χ0v) is 6.33. The predicted octanol–water partition coefficient (Wildman–Crippen LogP) is 1.34. The van der Waals surface area contributed by atoms with Crippen LogP contribution in [0, 0.1) is 13.5 Å². The lowest BCUT2D eigenvalue weighted by molar-refractivity contribution is 0.394. The van der Waals surface area contributed by atoms with Crippen LogP contribution in [-0.2, 0) is 0 Å². The maximum Gasteiger partial charge on any atom is 0.374 e. The Morgan fingerprint density at radius 3 is 2.91 bits per heavy atom. The molecule has 0 saturated carbocycles. The molecule has 0 N–H and O–H groups in total. The molecule has 1 aromatic heterocycles. The second kappa shape index (κ2) is 2.97. The first-order valence-electron chi connectivity index (χ1n) is 3.03. The first-order valence-corrected chi connectivity index (χ1v) is 3.03. The van der Waals surface area contributed by atoms with E-state index < -0.39 is 0 Å². The van der Waals surface area contributed by atoms with Crippen LogP contribution < -0.4 is 4.74 Å². The van der Waals surface area contributed by atoms with E-state index in [9.17, 15) is 0 Å². The summed E-state index contributed by atoms with van der Waals surface area (Å²) in [5, 5.41) is 0. The average molecular weight is 149 g/mol. The molecule has 1 rings (SSSR count). The van der Waals surface area contributed by atoms with E-state index in [0.29, 0.717) is 5.88 Å². The van der Waals surface area contributed by atoms with Crippen LogP contribution in [0.2, 0.25) is 0 Å². The highest BCUT2D eigenvalue weighted by Crippen LogP contribution is 2.15. The molecule has 56 valence electrons. The van der Waals surface area contributed by atoms with E-state index in [0.717, 1.165) is 5.56 Å². The Labute approximate surface area is 64.7 Å². The zero-order valence-electron chi connectivity index (χ0n) is 6.33. The minimum Gasteiger partial charge on any atom is -0.470 e. The van der Waals surface area contributed by atoms with Crippen LogP contribution in [0.25, 0.3) is 4.85 Å². The lowest BCUT2D eigenvalue weighted by Crippen LogP contribution is -1.91. The molecule has 0 bridgehead atoms. The van der Waals surface area contributed by atoms with Gasteiger partial charge in [0.15, 0.2) is 0 Å².